The summed E-state index contributed by atoms with van der Waals surface area (Å²) in [6, 6.07) is 21.2. The lowest BCUT2D eigenvalue weighted by molar-refractivity contribution is -0.143. The third-order valence-electron chi connectivity index (χ3n) is 6.49. The maximum absolute atomic E-state index is 12.6. The highest BCUT2D eigenvalue weighted by atomic mass is 16.5. The van der Waals surface area contributed by atoms with Gasteiger partial charge in [-0.2, -0.15) is 0 Å². The van der Waals surface area contributed by atoms with Gasteiger partial charge in [0.25, 0.3) is 0 Å². The molecule has 3 rings (SSSR count). The van der Waals surface area contributed by atoms with Crippen LogP contribution in [0.15, 0.2) is 72.8 Å². The van der Waals surface area contributed by atoms with Gasteiger partial charge < -0.3 is 18.9 Å². The van der Waals surface area contributed by atoms with E-state index in [9.17, 15) is 14.4 Å². The second-order valence-corrected chi connectivity index (χ2v) is 9.86. The largest absolute Gasteiger partial charge is 0.493 e. The van der Waals surface area contributed by atoms with E-state index < -0.39 is 5.97 Å². The van der Waals surface area contributed by atoms with Crippen molar-refractivity contribution in [2.75, 3.05) is 13.2 Å². The van der Waals surface area contributed by atoms with Gasteiger partial charge in [0.1, 0.15) is 11.5 Å². The van der Waals surface area contributed by atoms with Crippen molar-refractivity contribution in [1.29, 1.82) is 0 Å². The number of esters is 3. The molecule has 0 aromatic heterocycles. The molecule has 0 amide bonds. The second-order valence-electron chi connectivity index (χ2n) is 9.86. The fourth-order valence-electron chi connectivity index (χ4n) is 4.07. The van der Waals surface area contributed by atoms with Crippen LogP contribution >= 0.6 is 0 Å². The average Bonchev–Trinajstić information content (AvgIpc) is 2.99. The first kappa shape index (κ1) is 31.4. The van der Waals surface area contributed by atoms with Crippen molar-refractivity contribution in [2.24, 2.45) is 0 Å². The molecule has 1 atom stereocenters. The number of hydrogen-bond acceptors (Lipinski definition) is 7. The zero-order chi connectivity index (χ0) is 29.5. The molecule has 3 aromatic carbocycles. The van der Waals surface area contributed by atoms with Crippen molar-refractivity contribution >= 4 is 17.9 Å². The molecule has 0 aliphatic rings. The van der Waals surface area contributed by atoms with Gasteiger partial charge in [0.05, 0.1) is 30.4 Å². The van der Waals surface area contributed by atoms with E-state index in [0.717, 1.165) is 30.4 Å². The monoisotopic (exact) mass is 560 g/mol. The van der Waals surface area contributed by atoms with Crippen LogP contribution in [-0.2, 0) is 14.3 Å². The molecular weight excluding hydrogens is 520 g/mol. The van der Waals surface area contributed by atoms with E-state index in [1.807, 2.05) is 31.2 Å². The molecule has 0 saturated heterocycles. The Morgan fingerprint density at radius 2 is 1.24 bits per heavy atom. The fraction of sp³-hybridized carbons (Fsp3) is 0.382. The molecule has 3 aromatic rings. The predicted octanol–water partition coefficient (Wildman–Crippen LogP) is 7.81. The normalized spacial score (nSPS) is 11.4. The number of unbranched alkanes of at least 4 members (excludes halogenated alkanes) is 3. The van der Waals surface area contributed by atoms with E-state index in [0.29, 0.717) is 48.7 Å². The Balaban J connectivity index is 1.46. The molecule has 0 saturated carbocycles. The maximum Gasteiger partial charge on any atom is 0.343 e. The Labute approximate surface area is 242 Å². The molecule has 0 aliphatic heterocycles. The molecule has 0 heterocycles. The summed E-state index contributed by atoms with van der Waals surface area (Å²) >= 11 is 0. The third-order valence-corrected chi connectivity index (χ3v) is 6.49. The number of ether oxygens (including phenoxy) is 4. The Hall–Kier alpha value is -4.13. The van der Waals surface area contributed by atoms with Crippen LogP contribution in [0.2, 0.25) is 0 Å². The number of hydrogen-bond donors (Lipinski definition) is 0. The second kappa shape index (κ2) is 16.9. The Morgan fingerprint density at radius 1 is 0.659 bits per heavy atom. The highest BCUT2D eigenvalue weighted by molar-refractivity contribution is 5.91. The van der Waals surface area contributed by atoms with E-state index >= 15 is 0 Å². The molecule has 41 heavy (non-hydrogen) atoms. The van der Waals surface area contributed by atoms with Crippen LogP contribution in [-0.4, -0.2) is 37.2 Å². The third kappa shape index (κ3) is 10.7. The van der Waals surface area contributed by atoms with Crippen LogP contribution in [0.5, 0.6) is 11.5 Å². The van der Waals surface area contributed by atoms with Gasteiger partial charge >= 0.3 is 17.9 Å². The van der Waals surface area contributed by atoms with Gasteiger partial charge in [0.15, 0.2) is 0 Å². The number of carbonyl (C=O) groups is 3. The first-order valence-corrected chi connectivity index (χ1v) is 14.4. The van der Waals surface area contributed by atoms with E-state index in [2.05, 4.69) is 6.92 Å². The number of carbonyl (C=O) groups excluding carboxylic acids is 3. The summed E-state index contributed by atoms with van der Waals surface area (Å²) in [6.07, 6.45) is 6.33. The van der Waals surface area contributed by atoms with E-state index in [1.165, 1.54) is 12.8 Å². The molecule has 7 heteroatoms. The first-order chi connectivity index (χ1) is 19.9. The summed E-state index contributed by atoms with van der Waals surface area (Å²) in [5.41, 5.74) is 2.79. The van der Waals surface area contributed by atoms with Crippen molar-refractivity contribution in [2.45, 2.75) is 71.8 Å². The van der Waals surface area contributed by atoms with Crippen LogP contribution in [0, 0.1) is 0 Å². The smallest absolute Gasteiger partial charge is 0.343 e. The van der Waals surface area contributed by atoms with Crippen molar-refractivity contribution in [3.8, 4) is 22.6 Å². The highest BCUT2D eigenvalue weighted by Crippen LogP contribution is 2.24. The lowest BCUT2D eigenvalue weighted by atomic mass is 10.0. The SMILES string of the molecule is CCCCCCC(C)OC(=O)c1ccc(-c2ccc(OC(=O)c3ccc(OCCCOC(=O)CC)cc3)cc2)cc1. The molecule has 0 aliphatic carbocycles. The van der Waals surface area contributed by atoms with Gasteiger partial charge in [-0.1, -0.05) is 57.4 Å². The van der Waals surface area contributed by atoms with Crippen LogP contribution in [0.4, 0.5) is 0 Å². The molecule has 0 spiro atoms. The van der Waals surface area contributed by atoms with Gasteiger partial charge in [0, 0.05) is 12.8 Å². The van der Waals surface area contributed by atoms with E-state index in [1.54, 1.807) is 55.5 Å². The molecule has 7 nitrogen and oxygen atoms in total. The number of benzene rings is 3. The topological polar surface area (TPSA) is 88.1 Å². The zero-order valence-electron chi connectivity index (χ0n) is 24.2. The Morgan fingerprint density at radius 3 is 1.88 bits per heavy atom. The van der Waals surface area contributed by atoms with E-state index in [4.69, 9.17) is 18.9 Å². The minimum absolute atomic E-state index is 0.102. The quantitative estimate of drug-likeness (QED) is 0.100. The van der Waals surface area contributed by atoms with Gasteiger partial charge in [-0.3, -0.25) is 4.79 Å². The average molecular weight is 561 g/mol. The summed E-state index contributed by atoms with van der Waals surface area (Å²) in [4.78, 5) is 36.2. The lowest BCUT2D eigenvalue weighted by Crippen LogP contribution is -2.15. The van der Waals surface area contributed by atoms with Crippen molar-refractivity contribution in [3.05, 3.63) is 83.9 Å². The van der Waals surface area contributed by atoms with Gasteiger partial charge in [-0.05, 0) is 79.4 Å². The molecule has 1 unspecified atom stereocenters. The molecule has 0 N–H and O–H groups in total. The number of rotatable bonds is 16. The van der Waals surface area contributed by atoms with Crippen LogP contribution in [0.1, 0.15) is 86.4 Å². The Kier molecular flexibility index (Phi) is 12.9. The predicted molar refractivity (Wildman–Crippen MR) is 158 cm³/mol. The summed E-state index contributed by atoms with van der Waals surface area (Å²) in [5.74, 6) is 0.0283. The van der Waals surface area contributed by atoms with Crippen LogP contribution in [0.25, 0.3) is 11.1 Å². The fourth-order valence-corrected chi connectivity index (χ4v) is 4.07. The summed E-state index contributed by atoms with van der Waals surface area (Å²) in [5, 5.41) is 0. The molecule has 218 valence electrons. The van der Waals surface area contributed by atoms with Gasteiger partial charge in [-0.15, -0.1) is 0 Å². The molecule has 0 radical (unpaired) electrons. The van der Waals surface area contributed by atoms with Crippen molar-refractivity contribution in [1.82, 2.24) is 0 Å². The maximum atomic E-state index is 12.6. The van der Waals surface area contributed by atoms with Gasteiger partial charge in [-0.25, -0.2) is 9.59 Å². The standard InChI is InChI=1S/C34H40O7/c1-4-6-7-8-10-25(3)40-33(36)28-13-11-26(12-14-28)27-15-21-31(22-16-27)41-34(37)29-17-19-30(20-18-29)38-23-9-24-39-32(35)5-2/h11-22,25H,4-10,23-24H2,1-3H3. The van der Waals surface area contributed by atoms with Crippen molar-refractivity contribution in [3.63, 3.8) is 0 Å². The molecule has 0 fully saturated rings. The minimum Gasteiger partial charge on any atom is -0.493 e. The summed E-state index contributed by atoms with van der Waals surface area (Å²) in [6.45, 7) is 6.58. The van der Waals surface area contributed by atoms with Crippen LogP contribution < -0.4 is 9.47 Å². The minimum atomic E-state index is -0.474. The zero-order valence-corrected chi connectivity index (χ0v) is 24.2. The molecular formula is C34H40O7. The summed E-state index contributed by atoms with van der Waals surface area (Å²) in [7, 11) is 0. The highest BCUT2D eigenvalue weighted by Gasteiger charge is 2.13. The van der Waals surface area contributed by atoms with Gasteiger partial charge in [0.2, 0.25) is 0 Å². The first-order valence-electron chi connectivity index (χ1n) is 14.4. The van der Waals surface area contributed by atoms with Crippen molar-refractivity contribution < 1.29 is 33.3 Å². The lowest BCUT2D eigenvalue weighted by Gasteiger charge is -2.13. The summed E-state index contributed by atoms with van der Waals surface area (Å²) < 4.78 is 21.7. The van der Waals surface area contributed by atoms with E-state index in [-0.39, 0.29) is 18.0 Å². The van der Waals surface area contributed by atoms with Crippen LogP contribution in [0.3, 0.4) is 0 Å². The molecule has 0 bridgehead atoms. The Bertz CT molecular complexity index is 1230.